The first-order valence-electron chi connectivity index (χ1n) is 7.24. The highest BCUT2D eigenvalue weighted by Gasteiger charge is 2.81. The Kier molecular flexibility index (Phi) is 2.05. The van der Waals surface area contributed by atoms with Gasteiger partial charge in [-0.1, -0.05) is 33.1 Å². The largest absolute Gasteiger partial charge is 0.0654 e. The Labute approximate surface area is 94.8 Å². The van der Waals surface area contributed by atoms with Crippen molar-refractivity contribution < 1.29 is 0 Å². The Morgan fingerprint density at radius 2 is 1.60 bits per heavy atom. The van der Waals surface area contributed by atoms with E-state index in [9.17, 15) is 0 Å². The molecule has 0 bridgehead atoms. The summed E-state index contributed by atoms with van der Waals surface area (Å²) in [5.41, 5.74) is 2.61. The average Bonchev–Trinajstić information content (AvgIpc) is 2.87. The van der Waals surface area contributed by atoms with Gasteiger partial charge in [0.25, 0.3) is 0 Å². The van der Waals surface area contributed by atoms with Crippen LogP contribution in [0.5, 0.6) is 0 Å². The zero-order chi connectivity index (χ0) is 10.6. The molecule has 86 valence electrons. The summed E-state index contributed by atoms with van der Waals surface area (Å²) >= 11 is 0. The van der Waals surface area contributed by atoms with Gasteiger partial charge in [-0.05, 0) is 61.2 Å². The van der Waals surface area contributed by atoms with E-state index in [2.05, 4.69) is 13.8 Å². The molecular weight excluding hydrogens is 180 g/mol. The molecule has 3 unspecified atom stereocenters. The Balaban J connectivity index is 1.67. The summed E-state index contributed by atoms with van der Waals surface area (Å²) in [5, 5.41) is 0. The van der Waals surface area contributed by atoms with E-state index >= 15 is 0 Å². The molecule has 15 heavy (non-hydrogen) atoms. The fourth-order valence-corrected chi connectivity index (χ4v) is 5.45. The predicted molar refractivity (Wildman–Crippen MR) is 64.8 cm³/mol. The van der Waals surface area contributed by atoms with Gasteiger partial charge < -0.3 is 0 Å². The highest BCUT2D eigenvalue weighted by Crippen LogP contribution is 2.90. The molecule has 0 heteroatoms. The molecule has 3 atom stereocenters. The van der Waals surface area contributed by atoms with Crippen LogP contribution in [0.25, 0.3) is 0 Å². The van der Waals surface area contributed by atoms with E-state index in [0.29, 0.717) is 0 Å². The lowest BCUT2D eigenvalue weighted by molar-refractivity contribution is 0.00484. The summed E-state index contributed by atoms with van der Waals surface area (Å²) in [4.78, 5) is 0. The van der Waals surface area contributed by atoms with E-state index in [0.717, 1.165) is 16.2 Å². The van der Waals surface area contributed by atoms with Gasteiger partial charge in [0.05, 0.1) is 0 Å². The monoisotopic (exact) mass is 206 g/mol. The second-order valence-electron chi connectivity index (χ2n) is 6.63. The van der Waals surface area contributed by atoms with Crippen molar-refractivity contribution in [2.45, 2.75) is 78.1 Å². The maximum Gasteiger partial charge on any atom is -0.0179 e. The number of rotatable bonds is 5. The molecule has 0 aliphatic heterocycles. The van der Waals surface area contributed by atoms with Gasteiger partial charge in [0.2, 0.25) is 0 Å². The van der Waals surface area contributed by atoms with Crippen molar-refractivity contribution in [2.75, 3.05) is 0 Å². The smallest absolute Gasteiger partial charge is 0.0179 e. The lowest BCUT2D eigenvalue weighted by Crippen LogP contribution is -2.40. The second-order valence-corrected chi connectivity index (χ2v) is 6.63. The van der Waals surface area contributed by atoms with E-state index in [1.165, 1.54) is 25.7 Å². The van der Waals surface area contributed by atoms with Crippen LogP contribution in [0, 0.1) is 16.2 Å². The van der Waals surface area contributed by atoms with Gasteiger partial charge in [0.15, 0.2) is 0 Å². The molecule has 0 aromatic carbocycles. The Hall–Kier alpha value is 0. The van der Waals surface area contributed by atoms with Gasteiger partial charge in [-0.15, -0.1) is 0 Å². The maximum atomic E-state index is 2.45. The summed E-state index contributed by atoms with van der Waals surface area (Å²) in [6.45, 7) is 4.77. The van der Waals surface area contributed by atoms with Gasteiger partial charge >= 0.3 is 0 Å². The highest BCUT2D eigenvalue weighted by molar-refractivity contribution is 5.30. The van der Waals surface area contributed by atoms with Crippen LogP contribution < -0.4 is 0 Å². The zero-order valence-corrected chi connectivity index (χ0v) is 10.6. The second kappa shape index (κ2) is 3.02. The van der Waals surface area contributed by atoms with E-state index in [4.69, 9.17) is 0 Å². The van der Waals surface area contributed by atoms with Crippen LogP contribution >= 0.6 is 0 Å². The molecule has 0 amide bonds. The third-order valence-electron chi connectivity index (χ3n) is 6.59. The molecule has 0 aromatic heterocycles. The quantitative estimate of drug-likeness (QED) is 0.560. The summed E-state index contributed by atoms with van der Waals surface area (Å²) in [7, 11) is 0. The van der Waals surface area contributed by atoms with E-state index < -0.39 is 0 Å². The Bertz CT molecular complexity index is 261. The van der Waals surface area contributed by atoms with E-state index in [1.807, 2.05) is 0 Å². The van der Waals surface area contributed by atoms with E-state index in [1.54, 1.807) is 38.5 Å². The maximum absolute atomic E-state index is 2.45. The van der Waals surface area contributed by atoms with Crippen LogP contribution in [0.1, 0.15) is 78.1 Å². The van der Waals surface area contributed by atoms with Crippen LogP contribution in [-0.4, -0.2) is 0 Å². The van der Waals surface area contributed by atoms with Crippen molar-refractivity contribution >= 4 is 0 Å². The molecule has 0 heterocycles. The third-order valence-corrected chi connectivity index (χ3v) is 6.59. The molecule has 3 rings (SSSR count). The van der Waals surface area contributed by atoms with Gasteiger partial charge in [-0.2, -0.15) is 0 Å². The molecule has 1 spiro atoms. The van der Waals surface area contributed by atoms with Crippen LogP contribution in [-0.2, 0) is 0 Å². The Morgan fingerprint density at radius 3 is 2.13 bits per heavy atom. The normalized spacial score (nSPS) is 50.8. The Morgan fingerprint density at radius 1 is 0.867 bits per heavy atom. The first kappa shape index (κ1) is 10.2. The molecule has 0 aromatic rings. The molecule has 0 nitrogen and oxygen atoms in total. The molecule has 3 aliphatic rings. The SMILES string of the molecule is CCCCCC12CCC3(CC)CCC31C2. The summed E-state index contributed by atoms with van der Waals surface area (Å²) in [6.07, 6.45) is 15.4. The standard InChI is InChI=1S/C15H26/c1-3-5-6-7-14-9-8-13(4-2)10-11-15(13,14)12-14/h3-12H2,1-2H3. The predicted octanol–water partition coefficient (Wildman–Crippen LogP) is 4.93. The number of hydrogen-bond donors (Lipinski definition) is 0. The van der Waals surface area contributed by atoms with Crippen molar-refractivity contribution in [2.24, 2.45) is 16.2 Å². The van der Waals surface area contributed by atoms with Crippen LogP contribution in [0.15, 0.2) is 0 Å². The molecular formula is C15H26. The fourth-order valence-electron chi connectivity index (χ4n) is 5.45. The van der Waals surface area contributed by atoms with Crippen LogP contribution in [0.2, 0.25) is 0 Å². The van der Waals surface area contributed by atoms with Crippen molar-refractivity contribution in [3.63, 3.8) is 0 Å². The van der Waals surface area contributed by atoms with Crippen LogP contribution in [0.4, 0.5) is 0 Å². The summed E-state index contributed by atoms with van der Waals surface area (Å²) in [5.74, 6) is 0. The molecule has 0 radical (unpaired) electrons. The molecule has 3 fully saturated rings. The van der Waals surface area contributed by atoms with Crippen molar-refractivity contribution in [3.8, 4) is 0 Å². The fraction of sp³-hybridized carbons (Fsp3) is 1.00. The topological polar surface area (TPSA) is 0 Å². The molecule has 3 aliphatic carbocycles. The van der Waals surface area contributed by atoms with Gasteiger partial charge in [0, 0.05) is 0 Å². The van der Waals surface area contributed by atoms with Gasteiger partial charge in [-0.3, -0.25) is 0 Å². The molecule has 0 N–H and O–H groups in total. The van der Waals surface area contributed by atoms with Crippen molar-refractivity contribution in [1.82, 2.24) is 0 Å². The van der Waals surface area contributed by atoms with Crippen molar-refractivity contribution in [3.05, 3.63) is 0 Å². The zero-order valence-electron chi connectivity index (χ0n) is 10.6. The van der Waals surface area contributed by atoms with Gasteiger partial charge in [0.1, 0.15) is 0 Å². The minimum Gasteiger partial charge on any atom is -0.0654 e. The number of unbranched alkanes of at least 4 members (excludes halogenated alkanes) is 2. The van der Waals surface area contributed by atoms with Crippen LogP contribution in [0.3, 0.4) is 0 Å². The first-order chi connectivity index (χ1) is 7.24. The third kappa shape index (κ3) is 0.996. The van der Waals surface area contributed by atoms with E-state index in [-0.39, 0.29) is 0 Å². The average molecular weight is 206 g/mol. The minimum atomic E-state index is 0.846. The summed E-state index contributed by atoms with van der Waals surface area (Å²) in [6, 6.07) is 0. The highest BCUT2D eigenvalue weighted by atomic mass is 14.9. The van der Waals surface area contributed by atoms with Crippen molar-refractivity contribution in [1.29, 1.82) is 0 Å². The lowest BCUT2D eigenvalue weighted by atomic mass is 9.55. The molecule has 0 saturated heterocycles. The first-order valence-corrected chi connectivity index (χ1v) is 7.24. The minimum absolute atomic E-state index is 0.846. The summed E-state index contributed by atoms with van der Waals surface area (Å²) < 4.78 is 0. The number of hydrogen-bond acceptors (Lipinski definition) is 0. The lowest BCUT2D eigenvalue weighted by Gasteiger charge is -2.49. The molecule has 3 saturated carbocycles. The van der Waals surface area contributed by atoms with Gasteiger partial charge in [-0.25, -0.2) is 0 Å².